The molecule has 2 aliphatic rings. The maximum absolute atomic E-state index is 15.3. The average molecular weight is 628 g/mol. The van der Waals surface area contributed by atoms with E-state index in [2.05, 4.69) is 10.3 Å². The third-order valence-electron chi connectivity index (χ3n) is 8.33. The van der Waals surface area contributed by atoms with Gasteiger partial charge in [0.15, 0.2) is 0 Å². The van der Waals surface area contributed by atoms with E-state index in [1.54, 1.807) is 13.1 Å². The van der Waals surface area contributed by atoms with E-state index in [0.29, 0.717) is 23.4 Å². The Morgan fingerprint density at radius 2 is 1.95 bits per heavy atom. The third kappa shape index (κ3) is 5.05. The summed E-state index contributed by atoms with van der Waals surface area (Å²) in [6.07, 6.45) is 2.27. The van der Waals surface area contributed by atoms with Crippen LogP contribution < -0.4 is 0 Å². The fraction of sp³-hybridized carbons (Fsp3) is 0.300. The summed E-state index contributed by atoms with van der Waals surface area (Å²) in [5.74, 6) is -3.78. The highest BCUT2D eigenvalue weighted by molar-refractivity contribution is 6.34. The molecule has 1 unspecified atom stereocenters. The van der Waals surface area contributed by atoms with Crippen LogP contribution in [-0.2, 0) is 29.7 Å². The highest BCUT2D eigenvalue weighted by Crippen LogP contribution is 2.53. The summed E-state index contributed by atoms with van der Waals surface area (Å²) in [7, 11) is 1.62. The highest BCUT2D eigenvalue weighted by Gasteiger charge is 2.54. The zero-order chi connectivity index (χ0) is 31.3. The SMILES string of the molecule is CN(Cc1ccon1)C(=O)C1CCc2c(-c3ccc(C(=O)O)cc3F)nn(C(=O)c3c(Cl)cccc3C3(N(F)F)CC3)c2C1. The smallest absolute Gasteiger partial charge is 0.335 e. The van der Waals surface area contributed by atoms with Gasteiger partial charge in [-0.05, 0) is 55.5 Å². The number of hydrogen-bond donors (Lipinski definition) is 1. The topological polar surface area (TPSA) is 122 Å². The van der Waals surface area contributed by atoms with Crippen molar-refractivity contribution in [2.45, 2.75) is 44.2 Å². The summed E-state index contributed by atoms with van der Waals surface area (Å²) in [5.41, 5.74) is -0.646. The van der Waals surface area contributed by atoms with Gasteiger partial charge in [0, 0.05) is 41.9 Å². The van der Waals surface area contributed by atoms with Crippen LogP contribution in [-0.4, -0.2) is 55.1 Å². The molecular weight excluding hydrogens is 603 g/mol. The number of benzene rings is 2. The van der Waals surface area contributed by atoms with Crippen LogP contribution in [0.15, 0.2) is 53.3 Å². The molecule has 10 nitrogen and oxygen atoms in total. The van der Waals surface area contributed by atoms with Gasteiger partial charge in [0.1, 0.15) is 23.3 Å². The Kier molecular flexibility index (Phi) is 7.54. The summed E-state index contributed by atoms with van der Waals surface area (Å²) >= 11 is 6.46. The van der Waals surface area contributed by atoms with Gasteiger partial charge in [0.25, 0.3) is 5.91 Å². The van der Waals surface area contributed by atoms with Gasteiger partial charge < -0.3 is 14.5 Å². The van der Waals surface area contributed by atoms with Crippen molar-refractivity contribution in [3.63, 3.8) is 0 Å². The van der Waals surface area contributed by atoms with E-state index < -0.39 is 34.5 Å². The molecule has 228 valence electrons. The maximum atomic E-state index is 15.3. The van der Waals surface area contributed by atoms with Crippen LogP contribution in [0.1, 0.15) is 62.5 Å². The number of rotatable bonds is 8. The van der Waals surface area contributed by atoms with Gasteiger partial charge in [0.05, 0.1) is 34.1 Å². The molecule has 1 atom stereocenters. The lowest BCUT2D eigenvalue weighted by Crippen LogP contribution is -2.36. The summed E-state index contributed by atoms with van der Waals surface area (Å²) in [6.45, 7) is 0.192. The number of carbonyl (C=O) groups is 3. The van der Waals surface area contributed by atoms with E-state index in [-0.39, 0.29) is 71.1 Å². The van der Waals surface area contributed by atoms with E-state index in [0.717, 1.165) is 10.7 Å². The number of aromatic nitrogens is 3. The van der Waals surface area contributed by atoms with Crippen LogP contribution in [0.3, 0.4) is 0 Å². The first-order valence-electron chi connectivity index (χ1n) is 13.8. The monoisotopic (exact) mass is 627 g/mol. The van der Waals surface area contributed by atoms with Crippen molar-refractivity contribution in [1.29, 1.82) is 0 Å². The fourth-order valence-electron chi connectivity index (χ4n) is 5.88. The molecule has 0 spiro atoms. The van der Waals surface area contributed by atoms with Crippen LogP contribution in [0.4, 0.5) is 13.4 Å². The molecule has 4 aromatic rings. The van der Waals surface area contributed by atoms with Crippen LogP contribution >= 0.6 is 11.6 Å². The lowest BCUT2D eigenvalue weighted by atomic mass is 9.84. The number of amides is 1. The molecule has 1 saturated carbocycles. The van der Waals surface area contributed by atoms with Crippen LogP contribution in [0.2, 0.25) is 5.02 Å². The molecule has 0 bridgehead atoms. The van der Waals surface area contributed by atoms with Gasteiger partial charge in [-0.1, -0.05) is 28.9 Å². The van der Waals surface area contributed by atoms with Gasteiger partial charge in [0.2, 0.25) is 5.91 Å². The van der Waals surface area contributed by atoms with E-state index >= 15 is 4.39 Å². The minimum Gasteiger partial charge on any atom is -0.478 e. The molecule has 2 aromatic carbocycles. The lowest BCUT2D eigenvalue weighted by Gasteiger charge is -2.27. The Morgan fingerprint density at radius 3 is 2.59 bits per heavy atom. The van der Waals surface area contributed by atoms with E-state index in [9.17, 15) is 28.5 Å². The molecule has 0 aliphatic heterocycles. The number of carboxylic acids is 1. The Morgan fingerprint density at radius 1 is 1.18 bits per heavy atom. The van der Waals surface area contributed by atoms with Crippen LogP contribution in [0, 0.1) is 11.7 Å². The molecule has 1 fully saturated rings. The van der Waals surface area contributed by atoms with Gasteiger partial charge in [-0.15, -0.1) is 8.96 Å². The summed E-state index contributed by atoms with van der Waals surface area (Å²) in [4.78, 5) is 40.6. The maximum Gasteiger partial charge on any atom is 0.335 e. The van der Waals surface area contributed by atoms with E-state index in [1.807, 2.05) is 0 Å². The van der Waals surface area contributed by atoms with Crippen molar-refractivity contribution >= 4 is 29.4 Å². The summed E-state index contributed by atoms with van der Waals surface area (Å²) < 4.78 is 49.2. The van der Waals surface area contributed by atoms with Gasteiger partial charge in [-0.3, -0.25) is 9.59 Å². The zero-order valence-corrected chi connectivity index (χ0v) is 24.0. The minimum absolute atomic E-state index is 0.0394. The molecular formula is C30H25ClF3N5O5. The Balaban J connectivity index is 1.44. The van der Waals surface area contributed by atoms with Gasteiger partial charge in [-0.2, -0.15) is 9.78 Å². The minimum atomic E-state index is -1.67. The highest BCUT2D eigenvalue weighted by atomic mass is 35.5. The molecule has 2 aromatic heterocycles. The lowest BCUT2D eigenvalue weighted by molar-refractivity contribution is -0.202. The number of aromatic carboxylic acids is 1. The van der Waals surface area contributed by atoms with E-state index in [1.165, 1.54) is 41.5 Å². The molecule has 14 heteroatoms. The number of nitrogens with zero attached hydrogens (tertiary/aromatic N) is 5. The molecule has 2 heterocycles. The summed E-state index contributed by atoms with van der Waals surface area (Å²) in [6, 6.07) is 9.31. The zero-order valence-electron chi connectivity index (χ0n) is 23.3. The molecule has 6 rings (SSSR count). The van der Waals surface area contributed by atoms with Gasteiger partial charge >= 0.3 is 5.97 Å². The quantitative estimate of drug-likeness (QED) is 0.253. The van der Waals surface area contributed by atoms with Crippen molar-refractivity contribution in [2.75, 3.05) is 7.05 Å². The molecule has 1 amide bonds. The third-order valence-corrected chi connectivity index (χ3v) is 8.64. The molecule has 44 heavy (non-hydrogen) atoms. The Labute approximate surface area is 253 Å². The van der Waals surface area contributed by atoms with E-state index in [4.69, 9.17) is 16.1 Å². The largest absolute Gasteiger partial charge is 0.478 e. The van der Waals surface area contributed by atoms with Crippen molar-refractivity contribution in [3.8, 4) is 11.3 Å². The van der Waals surface area contributed by atoms with Crippen molar-refractivity contribution in [3.05, 3.63) is 93.2 Å². The standard InChI is InChI=1S/C30H25ClF3N5O5/c1-37(15-18-9-12-44-36-18)27(40)16-5-8-20-24(14-16)38(35-26(20)19-7-6-17(29(42)43)13-23(19)32)28(41)25-21(3-2-4-22(25)31)30(10-11-30)39(33)34/h2-4,6-7,9,12-13,16H,5,8,10-11,14-15H2,1H3,(H,42,43). The van der Waals surface area contributed by atoms with Crippen molar-refractivity contribution in [1.82, 2.24) is 25.2 Å². The second-order valence-corrected chi connectivity index (χ2v) is 11.4. The first-order valence-corrected chi connectivity index (χ1v) is 14.1. The molecule has 1 N–H and O–H groups in total. The second kappa shape index (κ2) is 11.2. The average Bonchev–Trinajstić information content (AvgIpc) is 3.50. The first-order chi connectivity index (χ1) is 21.0. The Bertz CT molecular complexity index is 1790. The number of carbonyl (C=O) groups excluding carboxylic acids is 2. The predicted molar refractivity (Wildman–Crippen MR) is 149 cm³/mol. The Hall–Kier alpha value is -4.49. The van der Waals surface area contributed by atoms with Crippen LogP contribution in [0.25, 0.3) is 11.3 Å². The number of halogens is 4. The van der Waals surface area contributed by atoms with Crippen molar-refractivity contribution in [2.24, 2.45) is 5.92 Å². The molecule has 0 saturated heterocycles. The fourth-order valence-corrected chi connectivity index (χ4v) is 6.14. The predicted octanol–water partition coefficient (Wildman–Crippen LogP) is 5.54. The van der Waals surface area contributed by atoms with Crippen molar-refractivity contribution < 1.29 is 37.4 Å². The summed E-state index contributed by atoms with van der Waals surface area (Å²) in [5, 5.41) is 16.6. The van der Waals surface area contributed by atoms with Gasteiger partial charge in [-0.25, -0.2) is 9.18 Å². The normalized spacial score (nSPS) is 16.9. The first kappa shape index (κ1) is 29.6. The molecule has 2 aliphatic carbocycles. The number of hydrogen-bond acceptors (Lipinski definition) is 7. The van der Waals surface area contributed by atoms with Crippen LogP contribution in [0.5, 0.6) is 0 Å². The second-order valence-electron chi connectivity index (χ2n) is 11.0. The number of fused-ring (bicyclic) bond motifs is 1. The molecule has 0 radical (unpaired) electrons. The number of carboxylic acid groups (broad SMARTS) is 1.